The van der Waals surface area contributed by atoms with Crippen LogP contribution in [-0.2, 0) is 19.5 Å². The summed E-state index contributed by atoms with van der Waals surface area (Å²) in [7, 11) is 0. The van der Waals surface area contributed by atoms with E-state index in [4.69, 9.17) is 22.3 Å². The molecule has 0 spiro atoms. The summed E-state index contributed by atoms with van der Waals surface area (Å²) in [5.74, 6) is 0.749. The van der Waals surface area contributed by atoms with E-state index in [1.807, 2.05) is 30.5 Å². The van der Waals surface area contributed by atoms with Gasteiger partial charge in [0.2, 0.25) is 0 Å². The lowest BCUT2D eigenvalue weighted by molar-refractivity contribution is 0.243. The summed E-state index contributed by atoms with van der Waals surface area (Å²) in [5.41, 5.74) is 13.0. The Kier molecular flexibility index (Phi) is 4.85. The van der Waals surface area contributed by atoms with Crippen molar-refractivity contribution in [2.75, 3.05) is 12.3 Å². The largest absolute Gasteiger partial charge is 0.399 e. The highest BCUT2D eigenvalue weighted by Crippen LogP contribution is 2.26. The number of fused-ring (bicyclic) bond motifs is 2. The number of nitrogens with two attached hydrogens (primary N) is 1. The monoisotopic (exact) mass is 415 g/mol. The Morgan fingerprint density at radius 3 is 2.73 bits per heavy atom. The lowest BCUT2D eigenvalue weighted by Gasteiger charge is -2.28. The van der Waals surface area contributed by atoms with Gasteiger partial charge in [0.15, 0.2) is 5.82 Å². The van der Waals surface area contributed by atoms with Gasteiger partial charge in [0.05, 0.1) is 11.2 Å². The van der Waals surface area contributed by atoms with Gasteiger partial charge < -0.3 is 5.73 Å². The fourth-order valence-electron chi connectivity index (χ4n) is 3.93. The first-order valence-corrected chi connectivity index (χ1v) is 10.4. The molecule has 6 heteroatoms. The van der Waals surface area contributed by atoms with Crippen LogP contribution in [0.15, 0.2) is 54.7 Å². The van der Waals surface area contributed by atoms with Crippen molar-refractivity contribution in [1.29, 1.82) is 0 Å². The van der Waals surface area contributed by atoms with Gasteiger partial charge in [0.1, 0.15) is 5.15 Å². The second-order valence-electron chi connectivity index (χ2n) is 7.88. The summed E-state index contributed by atoms with van der Waals surface area (Å²) in [5, 5.41) is 1.70. The molecule has 2 aromatic carbocycles. The van der Waals surface area contributed by atoms with Crippen LogP contribution >= 0.6 is 11.6 Å². The third kappa shape index (κ3) is 3.74. The normalized spacial score (nSPS) is 14.1. The zero-order valence-electron chi connectivity index (χ0n) is 16.8. The summed E-state index contributed by atoms with van der Waals surface area (Å²) in [6.07, 6.45) is 2.83. The lowest BCUT2D eigenvalue weighted by atomic mass is 10.1. The van der Waals surface area contributed by atoms with Crippen molar-refractivity contribution in [3.63, 3.8) is 0 Å². The van der Waals surface area contributed by atoms with Crippen LogP contribution in [0.25, 0.3) is 22.3 Å². The number of hydrogen-bond donors (Lipinski definition) is 1. The van der Waals surface area contributed by atoms with Crippen molar-refractivity contribution in [3.05, 3.63) is 82.3 Å². The van der Waals surface area contributed by atoms with E-state index >= 15 is 0 Å². The minimum atomic E-state index is 0.578. The summed E-state index contributed by atoms with van der Waals surface area (Å²) in [6.45, 7) is 4.55. The predicted molar refractivity (Wildman–Crippen MR) is 121 cm³/mol. The van der Waals surface area contributed by atoms with E-state index in [1.165, 1.54) is 11.1 Å². The molecular weight excluding hydrogens is 394 g/mol. The summed E-state index contributed by atoms with van der Waals surface area (Å²) in [4.78, 5) is 16.4. The van der Waals surface area contributed by atoms with Gasteiger partial charge in [0.25, 0.3) is 0 Å². The number of halogens is 1. The molecular formula is C24H22ClN5. The van der Waals surface area contributed by atoms with Gasteiger partial charge in [-0.05, 0) is 48.9 Å². The van der Waals surface area contributed by atoms with E-state index in [0.717, 1.165) is 65.3 Å². The Labute approximate surface area is 180 Å². The molecule has 30 heavy (non-hydrogen) atoms. The third-order valence-corrected chi connectivity index (χ3v) is 5.90. The van der Waals surface area contributed by atoms with E-state index in [1.54, 1.807) is 0 Å². The second kappa shape index (κ2) is 7.67. The molecule has 0 unspecified atom stereocenters. The van der Waals surface area contributed by atoms with Gasteiger partial charge in [0, 0.05) is 60.0 Å². The fraction of sp³-hybridized carbons (Fsp3) is 0.208. The second-order valence-corrected chi connectivity index (χ2v) is 8.24. The maximum atomic E-state index is 6.50. The van der Waals surface area contributed by atoms with E-state index in [-0.39, 0.29) is 0 Å². The lowest BCUT2D eigenvalue weighted by Crippen LogP contribution is -2.31. The number of pyridine rings is 1. The van der Waals surface area contributed by atoms with Crippen LogP contribution in [0.1, 0.15) is 22.4 Å². The molecule has 0 fully saturated rings. The van der Waals surface area contributed by atoms with Crippen LogP contribution < -0.4 is 5.73 Å². The Morgan fingerprint density at radius 1 is 1.07 bits per heavy atom. The van der Waals surface area contributed by atoms with Crippen molar-refractivity contribution in [2.45, 2.75) is 26.4 Å². The molecule has 2 N–H and O–H groups in total. The van der Waals surface area contributed by atoms with Crippen LogP contribution in [0, 0.1) is 6.92 Å². The molecule has 0 amide bonds. The molecule has 0 radical (unpaired) electrons. The van der Waals surface area contributed by atoms with Crippen LogP contribution in [0.2, 0.25) is 5.15 Å². The SMILES string of the molecule is Cc1ccc2cc(CN3CCc4nc(-c5ccc(N)cc5)ncc4C3)c(Cl)nc2c1. The van der Waals surface area contributed by atoms with Crippen molar-refractivity contribution in [3.8, 4) is 11.4 Å². The molecule has 0 saturated carbocycles. The molecule has 0 aliphatic carbocycles. The molecule has 0 bridgehead atoms. The van der Waals surface area contributed by atoms with Crippen molar-refractivity contribution in [2.24, 2.45) is 0 Å². The number of rotatable bonds is 3. The number of benzene rings is 2. The van der Waals surface area contributed by atoms with Gasteiger partial charge in [-0.2, -0.15) is 0 Å². The zero-order valence-corrected chi connectivity index (χ0v) is 17.5. The average molecular weight is 416 g/mol. The molecule has 5 nitrogen and oxygen atoms in total. The number of anilines is 1. The maximum Gasteiger partial charge on any atom is 0.159 e. The van der Waals surface area contributed by atoms with Gasteiger partial charge in [-0.1, -0.05) is 23.7 Å². The van der Waals surface area contributed by atoms with Crippen molar-refractivity contribution in [1.82, 2.24) is 19.9 Å². The van der Waals surface area contributed by atoms with Crippen LogP contribution in [0.4, 0.5) is 5.69 Å². The Bertz CT molecular complexity index is 1240. The fourth-order valence-corrected chi connectivity index (χ4v) is 4.14. The number of aryl methyl sites for hydroxylation is 1. The first-order valence-electron chi connectivity index (χ1n) is 10.0. The number of aromatic nitrogens is 3. The van der Waals surface area contributed by atoms with Crippen LogP contribution in [-0.4, -0.2) is 26.4 Å². The molecule has 4 aromatic rings. The average Bonchev–Trinajstić information content (AvgIpc) is 2.74. The molecule has 0 atom stereocenters. The molecule has 3 heterocycles. The number of hydrogen-bond acceptors (Lipinski definition) is 5. The molecule has 5 rings (SSSR count). The summed E-state index contributed by atoms with van der Waals surface area (Å²) < 4.78 is 0. The summed E-state index contributed by atoms with van der Waals surface area (Å²) >= 11 is 6.50. The Balaban J connectivity index is 1.36. The molecule has 150 valence electrons. The van der Waals surface area contributed by atoms with E-state index < -0.39 is 0 Å². The highest BCUT2D eigenvalue weighted by Gasteiger charge is 2.20. The molecule has 1 aliphatic heterocycles. The molecule has 2 aromatic heterocycles. The minimum absolute atomic E-state index is 0.578. The van der Waals surface area contributed by atoms with Crippen molar-refractivity contribution < 1.29 is 0 Å². The number of nitrogen functional groups attached to an aromatic ring is 1. The van der Waals surface area contributed by atoms with Crippen molar-refractivity contribution >= 4 is 28.2 Å². The van der Waals surface area contributed by atoms with Crippen LogP contribution in [0.3, 0.4) is 0 Å². The molecule has 0 saturated heterocycles. The zero-order chi connectivity index (χ0) is 20.7. The topological polar surface area (TPSA) is 67.9 Å². The van der Waals surface area contributed by atoms with Gasteiger partial charge in [-0.3, -0.25) is 4.90 Å². The summed E-state index contributed by atoms with van der Waals surface area (Å²) in [6, 6.07) is 16.1. The smallest absolute Gasteiger partial charge is 0.159 e. The number of nitrogens with zero attached hydrogens (tertiary/aromatic N) is 4. The highest BCUT2D eigenvalue weighted by molar-refractivity contribution is 6.30. The first kappa shape index (κ1) is 19.0. The first-order chi connectivity index (χ1) is 14.5. The van der Waals surface area contributed by atoms with E-state index in [0.29, 0.717) is 5.15 Å². The quantitative estimate of drug-likeness (QED) is 0.384. The van der Waals surface area contributed by atoms with Gasteiger partial charge >= 0.3 is 0 Å². The standard InChI is InChI=1S/C24H22ClN5/c1-15-2-3-17-11-18(23(25)28-22(17)10-15)13-30-9-8-21-19(14-30)12-27-24(29-21)16-4-6-20(26)7-5-16/h2-7,10-12H,8-9,13-14,26H2,1H3. The molecule has 1 aliphatic rings. The van der Waals surface area contributed by atoms with Gasteiger partial charge in [-0.25, -0.2) is 15.0 Å². The third-order valence-electron chi connectivity index (χ3n) is 5.58. The van der Waals surface area contributed by atoms with Gasteiger partial charge in [-0.15, -0.1) is 0 Å². The Morgan fingerprint density at radius 2 is 1.90 bits per heavy atom. The minimum Gasteiger partial charge on any atom is -0.399 e. The maximum absolute atomic E-state index is 6.50. The van der Waals surface area contributed by atoms with Crippen LogP contribution in [0.5, 0.6) is 0 Å². The van der Waals surface area contributed by atoms with E-state index in [9.17, 15) is 0 Å². The predicted octanol–water partition coefficient (Wildman–Crippen LogP) is 4.79. The van der Waals surface area contributed by atoms with E-state index in [2.05, 4.69) is 46.1 Å². The highest BCUT2D eigenvalue weighted by atomic mass is 35.5. The Hall–Kier alpha value is -3.02.